The average Bonchev–Trinajstić information content (AvgIpc) is 2.84. The molecule has 1 N–H and O–H groups in total. The first-order chi connectivity index (χ1) is 9.63. The van der Waals surface area contributed by atoms with E-state index in [0.29, 0.717) is 11.5 Å². The van der Waals surface area contributed by atoms with E-state index >= 15 is 0 Å². The van der Waals surface area contributed by atoms with Crippen LogP contribution in [0.25, 0.3) is 0 Å². The maximum absolute atomic E-state index is 11.5. The van der Waals surface area contributed by atoms with E-state index in [-0.39, 0.29) is 12.5 Å². The van der Waals surface area contributed by atoms with Gasteiger partial charge in [-0.3, -0.25) is 4.79 Å². The lowest BCUT2D eigenvalue weighted by Crippen LogP contribution is -2.24. The fourth-order valence-electron chi connectivity index (χ4n) is 1.40. The van der Waals surface area contributed by atoms with Crippen LogP contribution in [-0.2, 0) is 4.79 Å². The molecule has 1 heterocycles. The summed E-state index contributed by atoms with van der Waals surface area (Å²) in [7, 11) is 0. The van der Waals surface area contributed by atoms with Gasteiger partial charge in [0.15, 0.2) is 6.61 Å². The average molecular weight is 384 g/mol. The molecule has 0 saturated heterocycles. The monoisotopic (exact) mass is 384 g/mol. The van der Waals surface area contributed by atoms with E-state index in [2.05, 4.69) is 33.1 Å². The first kappa shape index (κ1) is 14.6. The molecule has 0 aliphatic carbocycles. The molecule has 0 unspecified atom stereocenters. The second-order valence-electron chi connectivity index (χ2n) is 3.98. The summed E-state index contributed by atoms with van der Waals surface area (Å²) < 4.78 is 11.7. The van der Waals surface area contributed by atoms with Crippen LogP contribution in [0.15, 0.2) is 45.9 Å². The third kappa shape index (κ3) is 4.69. The number of hydrogen-bond donors (Lipinski definition) is 1. The number of furan rings is 1. The van der Waals surface area contributed by atoms with Crippen LogP contribution >= 0.6 is 22.6 Å². The van der Waals surface area contributed by atoms with Gasteiger partial charge in [-0.1, -0.05) is 0 Å². The molecular weight excluding hydrogens is 371 g/mol. The van der Waals surface area contributed by atoms with Gasteiger partial charge in [0.25, 0.3) is 5.91 Å². The Kier molecular flexibility index (Phi) is 5.16. The maximum atomic E-state index is 11.5. The van der Waals surface area contributed by atoms with Crippen LogP contribution in [0.2, 0.25) is 0 Å². The molecule has 0 bridgehead atoms. The van der Waals surface area contributed by atoms with Crippen molar-refractivity contribution in [3.05, 3.63) is 51.5 Å². The minimum Gasteiger partial charge on any atom is -0.484 e. The van der Waals surface area contributed by atoms with Crippen molar-refractivity contribution in [1.82, 2.24) is 5.43 Å². The molecule has 5 nitrogen and oxygen atoms in total. The molecule has 0 aliphatic rings. The Labute approximate surface area is 130 Å². The normalized spacial score (nSPS) is 10.7. The Morgan fingerprint density at radius 1 is 1.35 bits per heavy atom. The summed E-state index contributed by atoms with van der Waals surface area (Å²) in [6.07, 6.45) is 1.44. The van der Waals surface area contributed by atoms with Crippen molar-refractivity contribution in [3.8, 4) is 5.75 Å². The molecule has 0 fully saturated rings. The third-order valence-corrected chi connectivity index (χ3v) is 3.04. The lowest BCUT2D eigenvalue weighted by atomic mass is 10.3. The molecular formula is C14H13IN2O3. The molecule has 0 saturated carbocycles. The third-order valence-electron chi connectivity index (χ3n) is 2.33. The van der Waals surface area contributed by atoms with Gasteiger partial charge in [-0.15, -0.1) is 0 Å². The van der Waals surface area contributed by atoms with Crippen LogP contribution in [0.1, 0.15) is 11.5 Å². The molecule has 1 aromatic heterocycles. The maximum Gasteiger partial charge on any atom is 0.277 e. The van der Waals surface area contributed by atoms with Crippen LogP contribution in [0.5, 0.6) is 5.75 Å². The predicted molar refractivity (Wildman–Crippen MR) is 83.8 cm³/mol. The first-order valence-electron chi connectivity index (χ1n) is 5.90. The second kappa shape index (κ2) is 7.09. The van der Waals surface area contributed by atoms with Crippen molar-refractivity contribution in [1.29, 1.82) is 0 Å². The zero-order chi connectivity index (χ0) is 14.4. The zero-order valence-corrected chi connectivity index (χ0v) is 13.0. The largest absolute Gasteiger partial charge is 0.484 e. The van der Waals surface area contributed by atoms with Crippen molar-refractivity contribution < 1.29 is 13.9 Å². The summed E-state index contributed by atoms with van der Waals surface area (Å²) in [6, 6.07) is 11.0. The van der Waals surface area contributed by atoms with E-state index in [9.17, 15) is 4.79 Å². The Morgan fingerprint density at radius 2 is 2.10 bits per heavy atom. The van der Waals surface area contributed by atoms with E-state index in [1.165, 1.54) is 6.21 Å². The number of carbonyl (C=O) groups is 1. The minimum atomic E-state index is -0.330. The van der Waals surface area contributed by atoms with Crippen molar-refractivity contribution >= 4 is 34.7 Å². The van der Waals surface area contributed by atoms with E-state index in [4.69, 9.17) is 9.15 Å². The topological polar surface area (TPSA) is 63.8 Å². The van der Waals surface area contributed by atoms with E-state index in [1.54, 1.807) is 6.07 Å². The highest BCUT2D eigenvalue weighted by Gasteiger charge is 2.01. The number of carbonyl (C=O) groups excluding carboxylic acids is 1. The smallest absolute Gasteiger partial charge is 0.277 e. The molecule has 0 atom stereocenters. The fourth-order valence-corrected chi connectivity index (χ4v) is 1.76. The predicted octanol–water partition coefficient (Wildman–Crippen LogP) is 2.72. The molecule has 104 valence electrons. The quantitative estimate of drug-likeness (QED) is 0.490. The SMILES string of the molecule is Cc1ccc(/C=N\NC(=O)COc2ccc(I)cc2)o1. The van der Waals surface area contributed by atoms with Gasteiger partial charge in [0, 0.05) is 3.57 Å². The highest BCUT2D eigenvalue weighted by molar-refractivity contribution is 14.1. The standard InChI is InChI=1S/C14H13IN2O3/c1-10-2-5-13(20-10)8-16-17-14(18)9-19-12-6-3-11(15)4-7-12/h2-8H,9H2,1H3,(H,17,18)/b16-8-. The number of ether oxygens (including phenoxy) is 1. The molecule has 0 radical (unpaired) electrons. The van der Waals surface area contributed by atoms with Gasteiger partial charge in [0.05, 0.1) is 6.21 Å². The lowest BCUT2D eigenvalue weighted by molar-refractivity contribution is -0.123. The van der Waals surface area contributed by atoms with Crippen molar-refractivity contribution in [2.75, 3.05) is 6.61 Å². The van der Waals surface area contributed by atoms with E-state index in [0.717, 1.165) is 9.33 Å². The molecule has 2 aromatic rings. The number of aryl methyl sites for hydroxylation is 1. The van der Waals surface area contributed by atoms with Gasteiger partial charge in [0.2, 0.25) is 0 Å². The number of rotatable bonds is 5. The van der Waals surface area contributed by atoms with Crippen molar-refractivity contribution in [2.24, 2.45) is 5.10 Å². The lowest BCUT2D eigenvalue weighted by Gasteiger charge is -2.04. The fraction of sp³-hybridized carbons (Fsp3) is 0.143. The van der Waals surface area contributed by atoms with Gasteiger partial charge < -0.3 is 9.15 Å². The summed E-state index contributed by atoms with van der Waals surface area (Å²) in [4.78, 5) is 11.5. The number of halogens is 1. The van der Waals surface area contributed by atoms with Crippen molar-refractivity contribution in [2.45, 2.75) is 6.92 Å². The minimum absolute atomic E-state index is 0.0882. The van der Waals surface area contributed by atoms with Gasteiger partial charge in [0.1, 0.15) is 17.3 Å². The molecule has 2 rings (SSSR count). The molecule has 6 heteroatoms. The number of nitrogens with one attached hydrogen (secondary N) is 1. The summed E-state index contributed by atoms with van der Waals surface area (Å²) in [5.41, 5.74) is 2.37. The summed E-state index contributed by atoms with van der Waals surface area (Å²) in [5.74, 6) is 1.69. The summed E-state index contributed by atoms with van der Waals surface area (Å²) in [6.45, 7) is 1.75. The van der Waals surface area contributed by atoms with Crippen molar-refractivity contribution in [3.63, 3.8) is 0 Å². The second-order valence-corrected chi connectivity index (χ2v) is 5.23. The van der Waals surface area contributed by atoms with Gasteiger partial charge in [-0.2, -0.15) is 5.10 Å². The van der Waals surface area contributed by atoms with Crippen LogP contribution in [0, 0.1) is 10.5 Å². The Bertz CT molecular complexity index is 605. The Hall–Kier alpha value is -1.83. The molecule has 1 amide bonds. The first-order valence-corrected chi connectivity index (χ1v) is 6.98. The Morgan fingerprint density at radius 3 is 2.75 bits per heavy atom. The van der Waals surface area contributed by atoms with Crippen LogP contribution < -0.4 is 10.2 Å². The summed E-state index contributed by atoms with van der Waals surface area (Å²) >= 11 is 2.20. The summed E-state index contributed by atoms with van der Waals surface area (Å²) in [5, 5.41) is 3.78. The number of hydrazone groups is 1. The van der Waals surface area contributed by atoms with Crippen LogP contribution in [0.4, 0.5) is 0 Å². The molecule has 20 heavy (non-hydrogen) atoms. The number of amides is 1. The van der Waals surface area contributed by atoms with E-state index < -0.39 is 0 Å². The van der Waals surface area contributed by atoms with Gasteiger partial charge in [-0.05, 0) is 65.9 Å². The molecule has 1 aromatic carbocycles. The molecule has 0 spiro atoms. The Balaban J connectivity index is 1.75. The van der Waals surface area contributed by atoms with Gasteiger partial charge >= 0.3 is 0 Å². The van der Waals surface area contributed by atoms with Crippen LogP contribution in [-0.4, -0.2) is 18.7 Å². The number of hydrogen-bond acceptors (Lipinski definition) is 4. The zero-order valence-electron chi connectivity index (χ0n) is 10.8. The highest BCUT2D eigenvalue weighted by Crippen LogP contribution is 2.13. The molecule has 0 aliphatic heterocycles. The van der Waals surface area contributed by atoms with Gasteiger partial charge in [-0.25, -0.2) is 5.43 Å². The van der Waals surface area contributed by atoms with Crippen LogP contribution in [0.3, 0.4) is 0 Å². The van der Waals surface area contributed by atoms with E-state index in [1.807, 2.05) is 37.3 Å². The number of benzene rings is 1. The number of nitrogens with zero attached hydrogens (tertiary/aromatic N) is 1. The highest BCUT2D eigenvalue weighted by atomic mass is 127.